The minimum absolute atomic E-state index is 0.0477. The Bertz CT molecular complexity index is 765. The smallest absolute Gasteiger partial charge is 0.228 e. The van der Waals surface area contributed by atoms with Crippen LogP contribution in [0.3, 0.4) is 0 Å². The molecule has 6 heteroatoms. The molecule has 168 valence electrons. The highest BCUT2D eigenvalue weighted by atomic mass is 16.5. The fourth-order valence-electron chi connectivity index (χ4n) is 7.59. The van der Waals surface area contributed by atoms with E-state index in [0.29, 0.717) is 23.6 Å². The summed E-state index contributed by atoms with van der Waals surface area (Å²) in [6.07, 6.45) is 11.3. The van der Waals surface area contributed by atoms with E-state index in [2.05, 4.69) is 28.5 Å². The van der Waals surface area contributed by atoms with Crippen LogP contribution in [0.1, 0.15) is 83.3 Å². The van der Waals surface area contributed by atoms with Gasteiger partial charge in [-0.1, -0.05) is 19.0 Å². The van der Waals surface area contributed by atoms with Crippen molar-refractivity contribution in [2.45, 2.75) is 91.1 Å². The molecule has 0 bridgehead atoms. The topological polar surface area (TPSA) is 103 Å². The quantitative estimate of drug-likeness (QED) is 0.665. The summed E-state index contributed by atoms with van der Waals surface area (Å²) in [5, 5.41) is 30.5. The summed E-state index contributed by atoms with van der Waals surface area (Å²) < 4.78 is 4.68. The average Bonchev–Trinajstić information content (AvgIpc) is 3.26. The fourth-order valence-corrected chi connectivity index (χ4v) is 7.59. The fraction of sp³-hybridized carbons (Fsp3) is 0.875. The first-order valence-corrected chi connectivity index (χ1v) is 11.9. The molecular weight excluding hydrogens is 378 g/mol. The van der Waals surface area contributed by atoms with Gasteiger partial charge in [0.05, 0.1) is 19.1 Å². The molecule has 5 rings (SSSR count). The molecule has 30 heavy (non-hydrogen) atoms. The Labute approximate surface area is 180 Å². The maximum absolute atomic E-state index is 10.5. The van der Waals surface area contributed by atoms with Crippen molar-refractivity contribution in [2.24, 2.45) is 34.5 Å². The third kappa shape index (κ3) is 3.75. The molecule has 4 unspecified atom stereocenters. The van der Waals surface area contributed by atoms with Crippen molar-refractivity contribution in [1.82, 2.24) is 10.1 Å². The van der Waals surface area contributed by atoms with Crippen molar-refractivity contribution < 1.29 is 14.7 Å². The summed E-state index contributed by atoms with van der Waals surface area (Å²) >= 11 is 0. The molecule has 4 fully saturated rings. The number of rotatable bonds is 2. The first-order valence-electron chi connectivity index (χ1n) is 11.9. The highest BCUT2D eigenvalue weighted by Crippen LogP contribution is 2.65. The molecule has 0 radical (unpaired) electrons. The Morgan fingerprint density at radius 1 is 1.07 bits per heavy atom. The van der Waals surface area contributed by atoms with Crippen LogP contribution >= 0.6 is 0 Å². The number of aliphatic hydroxyl groups is 2. The molecule has 0 aromatic carbocycles. The second kappa shape index (κ2) is 8.34. The molecule has 1 aromatic rings. The molecular formula is C24H39N3O3. The van der Waals surface area contributed by atoms with Crippen molar-refractivity contribution in [3.63, 3.8) is 0 Å². The number of nitrogens with zero attached hydrogens (tertiary/aromatic N) is 2. The normalized spacial score (nSPS) is 42.6. The highest BCUT2D eigenvalue weighted by Gasteiger charge is 2.59. The lowest BCUT2D eigenvalue weighted by Crippen LogP contribution is -2.54. The van der Waals surface area contributed by atoms with Crippen molar-refractivity contribution in [3.8, 4) is 0 Å². The van der Waals surface area contributed by atoms with E-state index in [-0.39, 0.29) is 18.1 Å². The van der Waals surface area contributed by atoms with Crippen LogP contribution in [-0.2, 0) is 6.42 Å². The lowest BCUT2D eigenvalue weighted by Gasteiger charge is -2.60. The van der Waals surface area contributed by atoms with Gasteiger partial charge in [-0.3, -0.25) is 0 Å². The van der Waals surface area contributed by atoms with Gasteiger partial charge < -0.3 is 20.1 Å². The zero-order valence-electron chi connectivity index (χ0n) is 18.9. The summed E-state index contributed by atoms with van der Waals surface area (Å²) in [7, 11) is 0. The summed E-state index contributed by atoms with van der Waals surface area (Å²) in [5.41, 5.74) is 1.71. The van der Waals surface area contributed by atoms with Crippen LogP contribution in [0.4, 0.5) is 0 Å². The molecule has 7 atom stereocenters. The minimum atomic E-state index is -0.0477. The monoisotopic (exact) mass is 417 g/mol. The van der Waals surface area contributed by atoms with Crippen molar-refractivity contribution in [2.75, 3.05) is 6.61 Å². The van der Waals surface area contributed by atoms with E-state index in [9.17, 15) is 5.11 Å². The Kier molecular flexibility index (Phi) is 6.10. The van der Waals surface area contributed by atoms with Gasteiger partial charge in [0.25, 0.3) is 0 Å². The lowest BCUT2D eigenvalue weighted by molar-refractivity contribution is -0.112. The first-order chi connectivity index (χ1) is 14.3. The molecule has 6 nitrogen and oxygen atoms in total. The molecule has 1 heterocycles. The van der Waals surface area contributed by atoms with Crippen LogP contribution < -0.4 is 0 Å². The first kappa shape index (κ1) is 21.9. The molecule has 4 aliphatic rings. The van der Waals surface area contributed by atoms with Crippen LogP contribution in [0.5, 0.6) is 0 Å². The van der Waals surface area contributed by atoms with E-state index < -0.39 is 0 Å². The Balaban J connectivity index is 0.000000204. The van der Waals surface area contributed by atoms with Crippen LogP contribution in [-0.4, -0.2) is 38.8 Å². The van der Waals surface area contributed by atoms with Crippen molar-refractivity contribution >= 4 is 5.71 Å². The second-order valence-electron chi connectivity index (χ2n) is 10.8. The van der Waals surface area contributed by atoms with Gasteiger partial charge in [-0.25, -0.2) is 0 Å². The predicted molar refractivity (Wildman–Crippen MR) is 115 cm³/mol. The minimum Gasteiger partial charge on any atom is -0.396 e. The van der Waals surface area contributed by atoms with Crippen LogP contribution in [0.15, 0.2) is 4.52 Å². The van der Waals surface area contributed by atoms with Crippen LogP contribution in [0.2, 0.25) is 0 Å². The maximum Gasteiger partial charge on any atom is 0.228 e. The second-order valence-corrected chi connectivity index (χ2v) is 10.8. The van der Waals surface area contributed by atoms with Gasteiger partial charge in [-0.15, -0.1) is 0 Å². The number of aliphatic hydroxyl groups excluding tert-OH is 2. The Morgan fingerprint density at radius 3 is 2.53 bits per heavy atom. The van der Waals surface area contributed by atoms with Crippen LogP contribution in [0, 0.1) is 46.8 Å². The number of nitrogens with one attached hydrogen (secondary N) is 1. The number of hydrogen-bond acceptors (Lipinski definition) is 6. The largest absolute Gasteiger partial charge is 0.396 e. The summed E-state index contributed by atoms with van der Waals surface area (Å²) in [5.74, 6) is 4.37. The van der Waals surface area contributed by atoms with Gasteiger partial charge in [0.1, 0.15) is 0 Å². The van der Waals surface area contributed by atoms with E-state index >= 15 is 0 Å². The van der Waals surface area contributed by atoms with Gasteiger partial charge in [0, 0.05) is 5.71 Å². The van der Waals surface area contributed by atoms with E-state index in [1.54, 1.807) is 6.92 Å². The van der Waals surface area contributed by atoms with Gasteiger partial charge >= 0.3 is 0 Å². The molecule has 0 aliphatic heterocycles. The average molecular weight is 418 g/mol. The van der Waals surface area contributed by atoms with E-state index in [0.717, 1.165) is 48.6 Å². The third-order valence-corrected chi connectivity index (χ3v) is 9.37. The number of hydrogen-bond donors (Lipinski definition) is 3. The van der Waals surface area contributed by atoms with E-state index in [1.165, 1.54) is 38.5 Å². The van der Waals surface area contributed by atoms with E-state index in [1.807, 2.05) is 0 Å². The molecule has 1 aromatic heterocycles. The number of aromatic nitrogens is 2. The van der Waals surface area contributed by atoms with Gasteiger partial charge in [0.2, 0.25) is 5.89 Å². The standard InChI is InChI=1S/C19H31NO.C5H8N2O2/c1-18-9-7-13(20)11-12(18)3-4-14-15-5-6-17(21)19(15,2)10-8-16(14)18;1-4-6-5(2-3-8)9-7-4/h12,14-17,20-21H,3-11H2,1-2H3;8H,2-3H2,1H3/t12?,14?,15?,16?,17-,18-,19-;/m0./s1. The van der Waals surface area contributed by atoms with Gasteiger partial charge in [-0.05, 0) is 99.2 Å². The Hall–Kier alpha value is -1.27. The predicted octanol–water partition coefficient (Wildman–Crippen LogP) is 4.32. The van der Waals surface area contributed by atoms with Crippen LogP contribution in [0.25, 0.3) is 0 Å². The van der Waals surface area contributed by atoms with Gasteiger partial charge in [0.15, 0.2) is 5.82 Å². The highest BCUT2D eigenvalue weighted by molar-refractivity contribution is 5.82. The summed E-state index contributed by atoms with van der Waals surface area (Å²) in [4.78, 5) is 3.86. The molecule has 0 saturated heterocycles. The molecule has 0 spiro atoms. The molecule has 0 amide bonds. The van der Waals surface area contributed by atoms with Crippen molar-refractivity contribution in [3.05, 3.63) is 11.7 Å². The SMILES string of the molecule is C[C@]12CCC(=N)CC1CCC1C2CC[C@@]2(C)C1CC[C@@H]2O.Cc1noc(CCO)n1. The maximum atomic E-state index is 10.5. The zero-order chi connectivity index (χ0) is 21.5. The molecule has 3 N–H and O–H groups in total. The van der Waals surface area contributed by atoms with Crippen molar-refractivity contribution in [1.29, 1.82) is 5.41 Å². The summed E-state index contributed by atoms with van der Waals surface area (Å²) in [6, 6.07) is 0. The lowest BCUT2D eigenvalue weighted by atomic mass is 9.45. The summed E-state index contributed by atoms with van der Waals surface area (Å²) in [6.45, 7) is 6.72. The van der Waals surface area contributed by atoms with Gasteiger partial charge in [-0.2, -0.15) is 4.98 Å². The molecule has 4 aliphatic carbocycles. The Morgan fingerprint density at radius 2 is 1.83 bits per heavy atom. The zero-order valence-corrected chi connectivity index (χ0v) is 18.9. The third-order valence-electron chi connectivity index (χ3n) is 9.37. The molecule has 4 saturated carbocycles. The van der Waals surface area contributed by atoms with E-state index in [4.69, 9.17) is 10.5 Å². The number of aryl methyl sites for hydroxylation is 1. The number of fused-ring (bicyclic) bond motifs is 5.